The molecule has 2 rings (SSSR count). The molecule has 0 radical (unpaired) electrons. The number of nitrogens with one attached hydrogen (secondary N) is 1. The first-order chi connectivity index (χ1) is 11.5. The van der Waals surface area contributed by atoms with Crippen LogP contribution in [-0.2, 0) is 16.1 Å². The van der Waals surface area contributed by atoms with Gasteiger partial charge in [0.25, 0.3) is 5.91 Å². The normalized spacial score (nSPS) is 10.9. The zero-order valence-corrected chi connectivity index (χ0v) is 13.3. The highest BCUT2D eigenvalue weighted by Gasteiger charge is 2.16. The number of aryl methyl sites for hydroxylation is 1. The van der Waals surface area contributed by atoms with E-state index >= 15 is 0 Å². The smallest absolute Gasteiger partial charge is 0.343 e. The van der Waals surface area contributed by atoms with Crippen LogP contribution in [0.15, 0.2) is 34.3 Å². The molecular weight excluding hydrogens is 314 g/mol. The number of anilines is 1. The molecule has 126 valence electrons. The fraction of sp³-hybridized carbons (Fsp3) is 0.250. The monoisotopic (exact) mass is 331 g/mol. The first kappa shape index (κ1) is 17.2. The van der Waals surface area contributed by atoms with Crippen molar-refractivity contribution < 1.29 is 19.5 Å². The van der Waals surface area contributed by atoms with Crippen molar-refractivity contribution in [3.8, 4) is 0 Å². The summed E-state index contributed by atoms with van der Waals surface area (Å²) in [7, 11) is 0. The van der Waals surface area contributed by atoms with Crippen LogP contribution in [0.4, 0.5) is 5.69 Å². The van der Waals surface area contributed by atoms with Gasteiger partial charge in [0.05, 0.1) is 12.1 Å². The minimum absolute atomic E-state index is 0.0633. The maximum Gasteiger partial charge on any atom is 0.343 e. The lowest BCUT2D eigenvalue weighted by atomic mass is 10.1. The Labute approximate surface area is 137 Å². The maximum absolute atomic E-state index is 12.6. The number of nitrogens with zero attached hydrogens (tertiary/aromatic N) is 2. The van der Waals surface area contributed by atoms with Crippen LogP contribution < -0.4 is 10.7 Å². The van der Waals surface area contributed by atoms with Gasteiger partial charge in [-0.2, -0.15) is 0 Å². The Morgan fingerprint density at radius 3 is 2.75 bits per heavy atom. The number of benzene rings is 1. The number of pyridine rings is 1. The maximum atomic E-state index is 12.6. The van der Waals surface area contributed by atoms with Gasteiger partial charge in [-0.25, -0.2) is 4.79 Å². The van der Waals surface area contributed by atoms with Crippen LogP contribution in [0.1, 0.15) is 24.2 Å². The molecule has 0 atom stereocenters. The van der Waals surface area contributed by atoms with Gasteiger partial charge in [0.1, 0.15) is 11.8 Å². The van der Waals surface area contributed by atoms with E-state index in [2.05, 4.69) is 10.5 Å². The third-order valence-electron chi connectivity index (χ3n) is 3.36. The number of amides is 1. The Hall–Kier alpha value is -3.16. The van der Waals surface area contributed by atoms with Crippen LogP contribution >= 0.6 is 0 Å². The molecule has 8 heteroatoms. The van der Waals surface area contributed by atoms with Crippen molar-refractivity contribution in [2.24, 2.45) is 5.16 Å². The molecule has 0 bridgehead atoms. The van der Waals surface area contributed by atoms with Gasteiger partial charge >= 0.3 is 5.97 Å². The molecule has 0 unspecified atom stereocenters. The van der Waals surface area contributed by atoms with E-state index in [4.69, 9.17) is 9.94 Å². The number of rotatable bonds is 5. The summed E-state index contributed by atoms with van der Waals surface area (Å²) in [6, 6.07) is 4.75. The number of oxime groups is 1. The Morgan fingerprint density at radius 1 is 1.38 bits per heavy atom. The van der Waals surface area contributed by atoms with E-state index in [-0.39, 0.29) is 17.6 Å². The van der Waals surface area contributed by atoms with Crippen molar-refractivity contribution in [2.75, 3.05) is 11.9 Å². The van der Waals surface area contributed by atoms with Crippen molar-refractivity contribution in [3.05, 3.63) is 40.2 Å². The predicted octanol–water partition coefficient (Wildman–Crippen LogP) is 1.60. The second-order valence-corrected chi connectivity index (χ2v) is 4.84. The number of carbonyl (C=O) groups excluding carboxylic acids is 2. The van der Waals surface area contributed by atoms with Gasteiger partial charge in [-0.3, -0.25) is 9.59 Å². The molecule has 1 aromatic carbocycles. The van der Waals surface area contributed by atoms with Crippen LogP contribution in [0.25, 0.3) is 10.9 Å². The first-order valence-electron chi connectivity index (χ1n) is 7.34. The summed E-state index contributed by atoms with van der Waals surface area (Å²) in [6.07, 6.45) is 2.17. The average molecular weight is 331 g/mol. The lowest BCUT2D eigenvalue weighted by molar-refractivity contribution is -0.110. The van der Waals surface area contributed by atoms with E-state index in [0.717, 1.165) is 0 Å². The zero-order chi connectivity index (χ0) is 17.7. The second kappa shape index (κ2) is 7.40. The quantitative estimate of drug-likeness (QED) is 0.374. The van der Waals surface area contributed by atoms with E-state index in [1.54, 1.807) is 23.6 Å². The molecule has 1 heterocycles. The number of aromatic nitrogens is 1. The molecule has 0 fully saturated rings. The highest BCUT2D eigenvalue weighted by atomic mass is 16.5. The molecule has 2 N–H and O–H groups in total. The third-order valence-corrected chi connectivity index (χ3v) is 3.36. The predicted molar refractivity (Wildman–Crippen MR) is 88.7 cm³/mol. The van der Waals surface area contributed by atoms with Crippen molar-refractivity contribution in [1.82, 2.24) is 4.57 Å². The third kappa shape index (κ3) is 3.43. The SMILES string of the molecule is CCOC(=O)c1cn(CC)c2ccc(NC(=O)/C=N/O)cc2c1=O. The summed E-state index contributed by atoms with van der Waals surface area (Å²) >= 11 is 0. The van der Waals surface area contributed by atoms with Crippen LogP contribution in [-0.4, -0.2) is 34.5 Å². The van der Waals surface area contributed by atoms with Gasteiger partial charge in [0.15, 0.2) is 0 Å². The molecule has 0 aliphatic rings. The minimum Gasteiger partial charge on any atom is -0.462 e. The number of esters is 1. The number of carbonyl (C=O) groups is 2. The number of ether oxygens (including phenoxy) is 1. The Balaban J connectivity index is 2.60. The second-order valence-electron chi connectivity index (χ2n) is 4.84. The standard InChI is InChI=1S/C16H17N3O5/c1-3-19-9-12(16(22)24-4-2)15(21)11-7-10(5-6-13(11)19)18-14(20)8-17-23/h5-9,23H,3-4H2,1-2H3,(H,18,20)/b17-8+. The fourth-order valence-corrected chi connectivity index (χ4v) is 2.32. The molecule has 0 saturated carbocycles. The van der Waals surface area contributed by atoms with Gasteiger partial charge in [-0.05, 0) is 32.0 Å². The van der Waals surface area contributed by atoms with Crippen LogP contribution in [0.3, 0.4) is 0 Å². The van der Waals surface area contributed by atoms with E-state index in [1.165, 1.54) is 12.3 Å². The molecule has 1 amide bonds. The van der Waals surface area contributed by atoms with Crippen molar-refractivity contribution in [3.63, 3.8) is 0 Å². The van der Waals surface area contributed by atoms with E-state index in [1.807, 2.05) is 6.92 Å². The lowest BCUT2D eigenvalue weighted by Crippen LogP contribution is -2.21. The molecule has 24 heavy (non-hydrogen) atoms. The topological polar surface area (TPSA) is 110 Å². The molecule has 0 aliphatic carbocycles. The van der Waals surface area contributed by atoms with Crippen molar-refractivity contribution >= 4 is 34.7 Å². The molecular formula is C16H17N3O5. The Morgan fingerprint density at radius 2 is 2.12 bits per heavy atom. The molecule has 0 spiro atoms. The Bertz CT molecular complexity index is 870. The van der Waals surface area contributed by atoms with Gasteiger partial charge in [0, 0.05) is 23.8 Å². The molecule has 0 saturated heterocycles. The first-order valence-corrected chi connectivity index (χ1v) is 7.34. The number of hydrogen-bond donors (Lipinski definition) is 2. The summed E-state index contributed by atoms with van der Waals surface area (Å²) in [6.45, 7) is 4.25. The molecule has 0 aliphatic heterocycles. The fourth-order valence-electron chi connectivity index (χ4n) is 2.32. The minimum atomic E-state index is -0.687. The number of hydrogen-bond acceptors (Lipinski definition) is 6. The van der Waals surface area contributed by atoms with E-state index in [0.29, 0.717) is 24.0 Å². The van der Waals surface area contributed by atoms with E-state index < -0.39 is 17.3 Å². The van der Waals surface area contributed by atoms with Crippen molar-refractivity contribution in [1.29, 1.82) is 0 Å². The zero-order valence-electron chi connectivity index (χ0n) is 13.3. The van der Waals surface area contributed by atoms with Gasteiger partial charge in [-0.15, -0.1) is 0 Å². The summed E-state index contributed by atoms with van der Waals surface area (Å²) in [5, 5.41) is 13.7. The van der Waals surface area contributed by atoms with Gasteiger partial charge < -0.3 is 19.8 Å². The van der Waals surface area contributed by atoms with Crippen LogP contribution in [0.2, 0.25) is 0 Å². The Kier molecular flexibility index (Phi) is 5.31. The highest BCUT2D eigenvalue weighted by molar-refractivity contribution is 6.31. The van der Waals surface area contributed by atoms with Gasteiger partial charge in [0.2, 0.25) is 5.43 Å². The average Bonchev–Trinajstić information content (AvgIpc) is 2.56. The van der Waals surface area contributed by atoms with Crippen LogP contribution in [0.5, 0.6) is 0 Å². The molecule has 8 nitrogen and oxygen atoms in total. The van der Waals surface area contributed by atoms with Gasteiger partial charge in [-0.1, -0.05) is 5.16 Å². The van der Waals surface area contributed by atoms with E-state index in [9.17, 15) is 14.4 Å². The largest absolute Gasteiger partial charge is 0.462 e. The summed E-state index contributed by atoms with van der Waals surface area (Å²) < 4.78 is 6.67. The lowest BCUT2D eigenvalue weighted by Gasteiger charge is -2.12. The summed E-state index contributed by atoms with van der Waals surface area (Å²) in [5.41, 5.74) is 0.434. The number of fused-ring (bicyclic) bond motifs is 1. The highest BCUT2D eigenvalue weighted by Crippen LogP contribution is 2.18. The molecule has 2 aromatic rings. The molecule has 1 aromatic heterocycles. The summed E-state index contributed by atoms with van der Waals surface area (Å²) in [5.74, 6) is -1.33. The summed E-state index contributed by atoms with van der Waals surface area (Å²) in [4.78, 5) is 36.0. The van der Waals surface area contributed by atoms with Crippen molar-refractivity contribution in [2.45, 2.75) is 20.4 Å². The van der Waals surface area contributed by atoms with Crippen LogP contribution in [0, 0.1) is 0 Å².